The van der Waals surface area contributed by atoms with Gasteiger partial charge in [-0.05, 0) is 13.0 Å². The first-order chi connectivity index (χ1) is 8.90. The van der Waals surface area contributed by atoms with E-state index in [1.54, 1.807) is 14.0 Å². The molecule has 0 spiro atoms. The second kappa shape index (κ2) is 4.68. The number of aryl methyl sites for hydroxylation is 1. The van der Waals surface area contributed by atoms with Crippen molar-refractivity contribution in [2.24, 2.45) is 7.05 Å². The molecule has 1 aromatic heterocycles. The summed E-state index contributed by atoms with van der Waals surface area (Å²) in [5, 5.41) is 6.25. The zero-order valence-electron chi connectivity index (χ0n) is 10.4. The van der Waals surface area contributed by atoms with Crippen LogP contribution in [0.4, 0.5) is 20.2 Å². The fourth-order valence-corrected chi connectivity index (χ4v) is 1.57. The van der Waals surface area contributed by atoms with Gasteiger partial charge in [-0.3, -0.25) is 9.48 Å². The fourth-order valence-electron chi connectivity index (χ4n) is 1.57. The summed E-state index contributed by atoms with van der Waals surface area (Å²) in [5.41, 5.74) is 5.86. The van der Waals surface area contributed by atoms with Gasteiger partial charge < -0.3 is 11.1 Å². The number of carbonyl (C=O) groups excluding carboxylic acids is 1. The van der Waals surface area contributed by atoms with Crippen LogP contribution in [0.25, 0.3) is 0 Å². The number of hydrogen-bond acceptors (Lipinski definition) is 3. The molecule has 7 heteroatoms. The van der Waals surface area contributed by atoms with E-state index in [1.165, 1.54) is 10.9 Å². The molecule has 2 rings (SSSR count). The number of nitrogens with two attached hydrogens (primary N) is 1. The molecule has 0 saturated heterocycles. The Kier molecular flexibility index (Phi) is 3.20. The van der Waals surface area contributed by atoms with Gasteiger partial charge in [-0.15, -0.1) is 0 Å². The van der Waals surface area contributed by atoms with Gasteiger partial charge in [-0.2, -0.15) is 5.10 Å². The number of anilines is 2. The van der Waals surface area contributed by atoms with Gasteiger partial charge >= 0.3 is 0 Å². The van der Waals surface area contributed by atoms with Gasteiger partial charge in [-0.1, -0.05) is 0 Å². The predicted octanol–water partition coefficient (Wildman–Crippen LogP) is 1.84. The van der Waals surface area contributed by atoms with Crippen molar-refractivity contribution in [2.75, 3.05) is 11.1 Å². The highest BCUT2D eigenvalue weighted by molar-refractivity contribution is 6.05. The molecular weight excluding hydrogens is 254 g/mol. The van der Waals surface area contributed by atoms with E-state index in [0.717, 1.165) is 6.07 Å². The number of rotatable bonds is 2. The Hall–Kier alpha value is -2.44. The molecule has 5 nitrogen and oxygen atoms in total. The first-order valence-corrected chi connectivity index (χ1v) is 5.44. The van der Waals surface area contributed by atoms with Gasteiger partial charge in [0, 0.05) is 18.8 Å². The van der Waals surface area contributed by atoms with Crippen LogP contribution in [-0.2, 0) is 7.05 Å². The molecule has 0 aliphatic rings. The first kappa shape index (κ1) is 13.0. The third-order valence-electron chi connectivity index (χ3n) is 2.81. The van der Waals surface area contributed by atoms with Crippen molar-refractivity contribution in [3.63, 3.8) is 0 Å². The van der Waals surface area contributed by atoms with Crippen LogP contribution in [0.3, 0.4) is 0 Å². The van der Waals surface area contributed by atoms with Crippen LogP contribution in [0.2, 0.25) is 0 Å². The highest BCUT2D eigenvalue weighted by atomic mass is 19.1. The summed E-state index contributed by atoms with van der Waals surface area (Å²) in [6, 6.07) is 1.66. The van der Waals surface area contributed by atoms with Crippen molar-refractivity contribution in [3.8, 4) is 0 Å². The lowest BCUT2D eigenvalue weighted by atomic mass is 10.2. The van der Waals surface area contributed by atoms with Crippen molar-refractivity contribution in [1.82, 2.24) is 9.78 Å². The first-order valence-electron chi connectivity index (χ1n) is 5.44. The molecule has 0 fully saturated rings. The van der Waals surface area contributed by atoms with Gasteiger partial charge in [-0.25, -0.2) is 8.78 Å². The Bertz CT molecular complexity index is 651. The van der Waals surface area contributed by atoms with Gasteiger partial charge in [0.05, 0.1) is 23.1 Å². The maximum Gasteiger partial charge on any atom is 0.259 e. The van der Waals surface area contributed by atoms with Gasteiger partial charge in [0.15, 0.2) is 0 Å². The number of aromatic nitrogens is 2. The summed E-state index contributed by atoms with van der Waals surface area (Å²) < 4.78 is 28.0. The monoisotopic (exact) mass is 266 g/mol. The highest BCUT2D eigenvalue weighted by Crippen LogP contribution is 2.22. The van der Waals surface area contributed by atoms with Crippen molar-refractivity contribution >= 4 is 17.3 Å². The summed E-state index contributed by atoms with van der Waals surface area (Å²) in [7, 11) is 1.68. The van der Waals surface area contributed by atoms with E-state index in [-0.39, 0.29) is 11.4 Å². The Morgan fingerprint density at radius 2 is 2.05 bits per heavy atom. The van der Waals surface area contributed by atoms with Gasteiger partial charge in [0.2, 0.25) is 0 Å². The summed E-state index contributed by atoms with van der Waals surface area (Å²) in [5.74, 6) is -2.29. The second-order valence-electron chi connectivity index (χ2n) is 4.07. The number of halogens is 2. The van der Waals surface area contributed by atoms with Crippen LogP contribution in [0.5, 0.6) is 0 Å². The molecule has 0 unspecified atom stereocenters. The molecular formula is C12H12F2N4O. The lowest BCUT2D eigenvalue weighted by Gasteiger charge is -2.07. The Morgan fingerprint density at radius 3 is 2.63 bits per heavy atom. The van der Waals surface area contributed by atoms with Crippen molar-refractivity contribution < 1.29 is 13.6 Å². The molecule has 0 radical (unpaired) electrons. The predicted molar refractivity (Wildman–Crippen MR) is 66.7 cm³/mol. The molecule has 3 N–H and O–H groups in total. The Balaban J connectivity index is 2.29. The lowest BCUT2D eigenvalue weighted by Crippen LogP contribution is -2.14. The number of benzene rings is 1. The molecule has 0 saturated carbocycles. The standard InChI is InChI=1S/C12H12F2N4O/c1-6-7(5-16-18(6)2)12(19)17-11-4-10(15)8(13)3-9(11)14/h3-5H,15H2,1-2H3,(H,17,19). The highest BCUT2D eigenvalue weighted by Gasteiger charge is 2.16. The largest absolute Gasteiger partial charge is 0.396 e. The minimum Gasteiger partial charge on any atom is -0.396 e. The van der Waals surface area contributed by atoms with Crippen LogP contribution >= 0.6 is 0 Å². The summed E-state index contributed by atoms with van der Waals surface area (Å²) in [4.78, 5) is 11.9. The van der Waals surface area contributed by atoms with Crippen LogP contribution in [0.15, 0.2) is 18.3 Å². The third-order valence-corrected chi connectivity index (χ3v) is 2.81. The molecule has 0 aliphatic carbocycles. The normalized spacial score (nSPS) is 10.5. The lowest BCUT2D eigenvalue weighted by molar-refractivity contribution is 0.102. The van der Waals surface area contributed by atoms with Crippen LogP contribution in [0.1, 0.15) is 16.1 Å². The van der Waals surface area contributed by atoms with E-state index >= 15 is 0 Å². The van der Waals surface area contributed by atoms with E-state index in [9.17, 15) is 13.6 Å². The number of nitrogens with zero attached hydrogens (tertiary/aromatic N) is 2. The summed E-state index contributed by atoms with van der Waals surface area (Å²) in [6.07, 6.45) is 1.37. The number of carbonyl (C=O) groups is 1. The smallest absolute Gasteiger partial charge is 0.259 e. The van der Waals surface area contributed by atoms with Gasteiger partial charge in [0.25, 0.3) is 5.91 Å². The molecule has 19 heavy (non-hydrogen) atoms. The molecule has 1 heterocycles. The van der Waals surface area contributed by atoms with E-state index < -0.39 is 17.5 Å². The quantitative estimate of drug-likeness (QED) is 0.815. The fraction of sp³-hybridized carbons (Fsp3) is 0.167. The molecule has 1 aromatic carbocycles. The van der Waals surface area contributed by atoms with Crippen LogP contribution < -0.4 is 11.1 Å². The Morgan fingerprint density at radius 1 is 1.37 bits per heavy atom. The molecule has 0 aliphatic heterocycles. The van der Waals surface area contributed by atoms with Crippen LogP contribution in [-0.4, -0.2) is 15.7 Å². The summed E-state index contributed by atoms with van der Waals surface area (Å²) >= 11 is 0. The van der Waals surface area contributed by atoms with E-state index in [0.29, 0.717) is 17.3 Å². The van der Waals surface area contributed by atoms with Crippen molar-refractivity contribution in [1.29, 1.82) is 0 Å². The average molecular weight is 266 g/mol. The maximum atomic E-state index is 13.5. The zero-order valence-corrected chi connectivity index (χ0v) is 10.4. The minimum atomic E-state index is -0.887. The maximum absolute atomic E-state index is 13.5. The van der Waals surface area contributed by atoms with E-state index in [2.05, 4.69) is 10.4 Å². The second-order valence-corrected chi connectivity index (χ2v) is 4.07. The molecule has 0 bridgehead atoms. The van der Waals surface area contributed by atoms with E-state index in [1.807, 2.05) is 0 Å². The number of hydrogen-bond donors (Lipinski definition) is 2. The van der Waals surface area contributed by atoms with E-state index in [4.69, 9.17) is 5.73 Å². The molecule has 0 atom stereocenters. The Labute approximate surface area is 108 Å². The van der Waals surface area contributed by atoms with Crippen molar-refractivity contribution in [2.45, 2.75) is 6.92 Å². The number of nitrogen functional groups attached to an aromatic ring is 1. The third kappa shape index (κ3) is 2.40. The average Bonchev–Trinajstić information content (AvgIpc) is 2.67. The minimum absolute atomic E-state index is 0.174. The van der Waals surface area contributed by atoms with Crippen LogP contribution in [0, 0.1) is 18.6 Å². The topological polar surface area (TPSA) is 72.9 Å². The number of amides is 1. The zero-order chi connectivity index (χ0) is 14.2. The number of nitrogens with one attached hydrogen (secondary N) is 1. The molecule has 2 aromatic rings. The van der Waals surface area contributed by atoms with Gasteiger partial charge in [0.1, 0.15) is 11.6 Å². The van der Waals surface area contributed by atoms with Crippen molar-refractivity contribution in [3.05, 3.63) is 41.2 Å². The SMILES string of the molecule is Cc1c(C(=O)Nc2cc(N)c(F)cc2F)cnn1C. The molecule has 1 amide bonds. The summed E-state index contributed by atoms with van der Waals surface area (Å²) in [6.45, 7) is 1.71. The molecule has 100 valence electrons.